The number of carbonyl (C=O) groups excluding carboxylic acids is 2. The molecule has 0 radical (unpaired) electrons. The Hall–Kier alpha value is -3.40. The number of aromatic nitrogens is 4. The van der Waals surface area contributed by atoms with E-state index >= 15 is 0 Å². The smallest absolute Gasteiger partial charge is 0.248 e. The molecule has 0 unspecified atom stereocenters. The van der Waals surface area contributed by atoms with E-state index in [9.17, 15) is 9.59 Å². The van der Waals surface area contributed by atoms with Crippen LogP contribution in [0.2, 0.25) is 0 Å². The number of carbonyl (C=O) groups is 2. The highest BCUT2D eigenvalue weighted by molar-refractivity contribution is 8.00. The van der Waals surface area contributed by atoms with Gasteiger partial charge in [-0.15, -0.1) is 5.10 Å². The molecular formula is C19H17N5O4S. The van der Waals surface area contributed by atoms with Gasteiger partial charge in [0.2, 0.25) is 17.0 Å². The number of methoxy groups -OCH3 is 2. The zero-order valence-electron chi connectivity index (χ0n) is 15.7. The Morgan fingerprint density at radius 3 is 2.59 bits per heavy atom. The van der Waals surface area contributed by atoms with Crippen LogP contribution in [0, 0.1) is 0 Å². The molecule has 2 aromatic carbocycles. The number of anilines is 1. The lowest BCUT2D eigenvalue weighted by molar-refractivity contribution is -0.121. The lowest BCUT2D eigenvalue weighted by Gasteiger charge is -2.18. The van der Waals surface area contributed by atoms with Crippen molar-refractivity contribution in [2.75, 3.05) is 19.1 Å². The van der Waals surface area contributed by atoms with Gasteiger partial charge in [-0.2, -0.15) is 4.68 Å². The van der Waals surface area contributed by atoms with Crippen LogP contribution in [-0.2, 0) is 9.59 Å². The van der Waals surface area contributed by atoms with Gasteiger partial charge in [0.05, 0.1) is 25.6 Å². The molecular weight excluding hydrogens is 394 g/mol. The normalized spacial score (nSPS) is 16.3. The van der Waals surface area contributed by atoms with Crippen molar-refractivity contribution in [3.63, 3.8) is 0 Å². The van der Waals surface area contributed by atoms with E-state index in [4.69, 9.17) is 9.47 Å². The minimum absolute atomic E-state index is 0.0332. The molecule has 0 N–H and O–H groups in total. The SMILES string of the molecule is COc1ccc(OC)c(N2C(=O)C[C@H](Sc3nnnn3-c3ccccc3)C2=O)c1. The number of imide groups is 1. The molecule has 148 valence electrons. The molecule has 1 fully saturated rings. The number of benzene rings is 2. The Bertz CT molecular complexity index is 1060. The second kappa shape index (κ2) is 7.92. The third-order valence-corrected chi connectivity index (χ3v) is 5.54. The number of hydrogen-bond acceptors (Lipinski definition) is 8. The zero-order chi connectivity index (χ0) is 20.4. The van der Waals surface area contributed by atoms with E-state index in [2.05, 4.69) is 15.5 Å². The molecule has 1 atom stereocenters. The maximum absolute atomic E-state index is 13.1. The van der Waals surface area contributed by atoms with E-state index in [0.29, 0.717) is 22.3 Å². The number of tetrazole rings is 1. The third kappa shape index (κ3) is 3.54. The van der Waals surface area contributed by atoms with Gasteiger partial charge in [0.1, 0.15) is 16.7 Å². The van der Waals surface area contributed by atoms with Crippen molar-refractivity contribution in [2.24, 2.45) is 0 Å². The van der Waals surface area contributed by atoms with Gasteiger partial charge in [-0.3, -0.25) is 9.59 Å². The predicted octanol–water partition coefficient (Wildman–Crippen LogP) is 2.10. The van der Waals surface area contributed by atoms with Crippen molar-refractivity contribution in [3.05, 3.63) is 48.5 Å². The molecule has 1 aliphatic rings. The number of amides is 2. The van der Waals surface area contributed by atoms with Crippen molar-refractivity contribution < 1.29 is 19.1 Å². The van der Waals surface area contributed by atoms with Crippen LogP contribution in [0.25, 0.3) is 5.69 Å². The summed E-state index contributed by atoms with van der Waals surface area (Å²) in [4.78, 5) is 26.9. The largest absolute Gasteiger partial charge is 0.497 e. The summed E-state index contributed by atoms with van der Waals surface area (Å²) < 4.78 is 12.1. The Kier molecular flexibility index (Phi) is 5.17. The lowest BCUT2D eigenvalue weighted by atomic mass is 10.2. The average molecular weight is 411 g/mol. The van der Waals surface area contributed by atoms with Gasteiger partial charge in [-0.1, -0.05) is 30.0 Å². The predicted molar refractivity (Wildman–Crippen MR) is 105 cm³/mol. The van der Waals surface area contributed by atoms with Crippen LogP contribution in [0.4, 0.5) is 5.69 Å². The fourth-order valence-electron chi connectivity index (χ4n) is 3.03. The van der Waals surface area contributed by atoms with Gasteiger partial charge in [0, 0.05) is 12.5 Å². The zero-order valence-corrected chi connectivity index (χ0v) is 16.5. The van der Waals surface area contributed by atoms with Gasteiger partial charge in [0.15, 0.2) is 0 Å². The summed E-state index contributed by atoms with van der Waals surface area (Å²) in [5.74, 6) is 0.254. The van der Waals surface area contributed by atoms with Crippen molar-refractivity contribution >= 4 is 29.3 Å². The molecule has 0 aliphatic carbocycles. The van der Waals surface area contributed by atoms with Crippen LogP contribution in [0.1, 0.15) is 6.42 Å². The second-order valence-electron chi connectivity index (χ2n) is 6.12. The van der Waals surface area contributed by atoms with Crippen molar-refractivity contribution in [3.8, 4) is 17.2 Å². The van der Waals surface area contributed by atoms with Gasteiger partial charge in [-0.05, 0) is 34.7 Å². The minimum atomic E-state index is -0.646. The third-order valence-electron chi connectivity index (χ3n) is 4.42. The summed E-state index contributed by atoms with van der Waals surface area (Å²) in [6.07, 6.45) is 0.0332. The summed E-state index contributed by atoms with van der Waals surface area (Å²) in [5.41, 5.74) is 1.12. The standard InChI is InChI=1S/C19H17N5O4S/c1-27-13-8-9-15(28-2)14(10-13)23-17(25)11-16(18(23)26)29-19-20-21-22-24(19)12-6-4-3-5-7-12/h3-10,16H,11H2,1-2H3/t16-/m0/s1. The van der Waals surface area contributed by atoms with Crippen molar-refractivity contribution in [2.45, 2.75) is 16.8 Å². The Morgan fingerprint density at radius 1 is 1.07 bits per heavy atom. The van der Waals surface area contributed by atoms with Gasteiger partial charge >= 0.3 is 0 Å². The first-order valence-corrected chi connectivity index (χ1v) is 9.59. The van der Waals surface area contributed by atoms with Gasteiger partial charge in [0.25, 0.3) is 0 Å². The quantitative estimate of drug-likeness (QED) is 0.569. The Balaban J connectivity index is 1.62. The first kappa shape index (κ1) is 18.9. The molecule has 4 rings (SSSR count). The second-order valence-corrected chi connectivity index (χ2v) is 7.29. The number of para-hydroxylation sites is 1. The molecule has 1 saturated heterocycles. The first-order chi connectivity index (χ1) is 14.1. The fraction of sp³-hybridized carbons (Fsp3) is 0.211. The molecule has 10 heteroatoms. The van der Waals surface area contributed by atoms with Gasteiger partial charge < -0.3 is 9.47 Å². The number of thioether (sulfide) groups is 1. The van der Waals surface area contributed by atoms with E-state index in [0.717, 1.165) is 22.3 Å². The van der Waals surface area contributed by atoms with Gasteiger partial charge in [-0.25, -0.2) is 4.90 Å². The highest BCUT2D eigenvalue weighted by atomic mass is 32.2. The van der Waals surface area contributed by atoms with Crippen LogP contribution in [-0.4, -0.2) is 51.5 Å². The average Bonchev–Trinajstić information content (AvgIpc) is 3.32. The molecule has 0 saturated carbocycles. The Labute approximate surface area is 170 Å². The molecule has 2 heterocycles. The number of rotatable bonds is 6. The van der Waals surface area contributed by atoms with Crippen LogP contribution < -0.4 is 14.4 Å². The van der Waals surface area contributed by atoms with Crippen molar-refractivity contribution in [1.82, 2.24) is 20.2 Å². The monoisotopic (exact) mass is 411 g/mol. The lowest BCUT2D eigenvalue weighted by Crippen LogP contribution is -2.31. The number of ether oxygens (including phenoxy) is 2. The first-order valence-electron chi connectivity index (χ1n) is 8.71. The van der Waals surface area contributed by atoms with Crippen LogP contribution in [0.15, 0.2) is 53.7 Å². The highest BCUT2D eigenvalue weighted by Gasteiger charge is 2.42. The Morgan fingerprint density at radius 2 is 1.86 bits per heavy atom. The topological polar surface area (TPSA) is 99.4 Å². The molecule has 3 aromatic rings. The molecule has 1 aromatic heterocycles. The minimum Gasteiger partial charge on any atom is -0.497 e. The van der Waals surface area contributed by atoms with E-state index in [1.165, 1.54) is 18.9 Å². The fourth-order valence-corrected chi connectivity index (χ4v) is 4.04. The summed E-state index contributed by atoms with van der Waals surface area (Å²) in [6, 6.07) is 14.3. The van der Waals surface area contributed by atoms with Crippen LogP contribution >= 0.6 is 11.8 Å². The van der Waals surface area contributed by atoms with E-state index in [1.807, 2.05) is 30.3 Å². The summed E-state index contributed by atoms with van der Waals surface area (Å²) >= 11 is 1.16. The molecule has 0 bridgehead atoms. The highest BCUT2D eigenvalue weighted by Crippen LogP contribution is 2.39. The van der Waals surface area contributed by atoms with Crippen LogP contribution in [0.3, 0.4) is 0 Å². The molecule has 2 amide bonds. The number of hydrogen-bond donors (Lipinski definition) is 0. The molecule has 0 spiro atoms. The summed E-state index contributed by atoms with van der Waals surface area (Å²) in [6.45, 7) is 0. The van der Waals surface area contributed by atoms with E-state index < -0.39 is 5.25 Å². The summed E-state index contributed by atoms with van der Waals surface area (Å²) in [5, 5.41) is 11.5. The molecule has 29 heavy (non-hydrogen) atoms. The van der Waals surface area contributed by atoms with Crippen LogP contribution in [0.5, 0.6) is 11.5 Å². The maximum Gasteiger partial charge on any atom is 0.248 e. The number of nitrogens with zero attached hydrogens (tertiary/aromatic N) is 5. The summed E-state index contributed by atoms with van der Waals surface area (Å²) in [7, 11) is 3.00. The maximum atomic E-state index is 13.1. The van der Waals surface area contributed by atoms with E-state index in [-0.39, 0.29) is 18.2 Å². The molecule has 1 aliphatic heterocycles. The molecule has 9 nitrogen and oxygen atoms in total. The van der Waals surface area contributed by atoms with Crippen molar-refractivity contribution in [1.29, 1.82) is 0 Å². The van der Waals surface area contributed by atoms with E-state index in [1.54, 1.807) is 18.2 Å².